The van der Waals surface area contributed by atoms with Crippen molar-refractivity contribution in [1.82, 2.24) is 9.03 Å². The number of aliphatic hydroxyl groups excluding tert-OH is 1. The number of ether oxygens (including phenoxy) is 1. The van der Waals surface area contributed by atoms with Gasteiger partial charge in [-0.2, -0.15) is 17.4 Å². The van der Waals surface area contributed by atoms with Gasteiger partial charge in [-0.1, -0.05) is 24.3 Å². The molecule has 0 aromatic heterocycles. The van der Waals surface area contributed by atoms with Gasteiger partial charge in [-0.25, -0.2) is 0 Å². The van der Waals surface area contributed by atoms with Crippen LogP contribution in [0.4, 0.5) is 0 Å². The van der Waals surface area contributed by atoms with Crippen molar-refractivity contribution in [3.8, 4) is 0 Å². The smallest absolute Gasteiger partial charge is 0.279 e. The number of nitrogens with one attached hydrogen (secondary N) is 1. The van der Waals surface area contributed by atoms with Gasteiger partial charge in [0, 0.05) is 19.6 Å². The first-order chi connectivity index (χ1) is 9.12. The maximum absolute atomic E-state index is 12.0. The first kappa shape index (κ1) is 14.4. The van der Waals surface area contributed by atoms with E-state index >= 15 is 0 Å². The van der Waals surface area contributed by atoms with Crippen LogP contribution in [0.2, 0.25) is 0 Å². The van der Waals surface area contributed by atoms with E-state index in [4.69, 9.17) is 9.84 Å². The molecule has 1 aliphatic rings. The van der Waals surface area contributed by atoms with Crippen molar-refractivity contribution in [2.24, 2.45) is 0 Å². The summed E-state index contributed by atoms with van der Waals surface area (Å²) in [7, 11) is -3.44. The van der Waals surface area contributed by atoms with Gasteiger partial charge in [0.15, 0.2) is 0 Å². The number of morpholine rings is 1. The molecule has 1 aromatic rings. The van der Waals surface area contributed by atoms with Crippen molar-refractivity contribution in [2.45, 2.75) is 13.2 Å². The van der Waals surface area contributed by atoms with E-state index < -0.39 is 10.2 Å². The first-order valence-corrected chi connectivity index (χ1v) is 7.57. The molecule has 0 spiro atoms. The van der Waals surface area contributed by atoms with E-state index in [1.165, 1.54) is 4.31 Å². The van der Waals surface area contributed by atoms with Gasteiger partial charge in [0.2, 0.25) is 0 Å². The third-order valence-electron chi connectivity index (χ3n) is 2.97. The van der Waals surface area contributed by atoms with Crippen LogP contribution in [0, 0.1) is 0 Å². The predicted molar refractivity (Wildman–Crippen MR) is 70.5 cm³/mol. The van der Waals surface area contributed by atoms with Crippen LogP contribution in [0.25, 0.3) is 0 Å². The largest absolute Gasteiger partial charge is 0.392 e. The Morgan fingerprint density at radius 1 is 1.16 bits per heavy atom. The van der Waals surface area contributed by atoms with Gasteiger partial charge >= 0.3 is 0 Å². The molecule has 0 saturated carbocycles. The number of benzene rings is 1. The fourth-order valence-electron chi connectivity index (χ4n) is 1.82. The Balaban J connectivity index is 1.92. The summed E-state index contributed by atoms with van der Waals surface area (Å²) in [5, 5.41) is 8.93. The topological polar surface area (TPSA) is 78.9 Å². The lowest BCUT2D eigenvalue weighted by atomic mass is 10.1. The van der Waals surface area contributed by atoms with E-state index in [1.807, 2.05) is 0 Å². The maximum Gasteiger partial charge on any atom is 0.279 e. The minimum absolute atomic E-state index is 0.0141. The number of rotatable bonds is 5. The van der Waals surface area contributed by atoms with Crippen molar-refractivity contribution >= 4 is 10.2 Å². The van der Waals surface area contributed by atoms with Crippen LogP contribution >= 0.6 is 0 Å². The lowest BCUT2D eigenvalue weighted by Gasteiger charge is -2.26. The number of nitrogens with zero attached hydrogens (tertiary/aromatic N) is 1. The molecule has 7 heteroatoms. The average molecular weight is 286 g/mol. The highest BCUT2D eigenvalue weighted by atomic mass is 32.2. The molecular formula is C12H18N2O4S. The lowest BCUT2D eigenvalue weighted by Crippen LogP contribution is -2.46. The monoisotopic (exact) mass is 286 g/mol. The summed E-state index contributed by atoms with van der Waals surface area (Å²) in [4.78, 5) is 0. The van der Waals surface area contributed by atoms with Crippen LogP contribution in [0.5, 0.6) is 0 Å². The molecule has 1 aromatic carbocycles. The molecule has 1 saturated heterocycles. The average Bonchev–Trinajstić information content (AvgIpc) is 2.47. The Morgan fingerprint density at radius 3 is 2.32 bits per heavy atom. The summed E-state index contributed by atoms with van der Waals surface area (Å²) < 4.78 is 33.1. The van der Waals surface area contributed by atoms with E-state index in [0.29, 0.717) is 26.3 Å². The minimum atomic E-state index is -3.44. The number of aliphatic hydroxyl groups is 1. The van der Waals surface area contributed by atoms with Crippen molar-refractivity contribution in [1.29, 1.82) is 0 Å². The van der Waals surface area contributed by atoms with Crippen molar-refractivity contribution in [3.63, 3.8) is 0 Å². The summed E-state index contributed by atoms with van der Waals surface area (Å²) in [5.74, 6) is 0. The standard InChI is InChI=1S/C12H18N2O4S/c15-10-12-3-1-11(2-4-12)9-13-19(16,17)14-5-7-18-8-6-14/h1-4,13,15H,5-10H2. The zero-order valence-electron chi connectivity index (χ0n) is 10.6. The van der Waals surface area contributed by atoms with Crippen LogP contribution in [0.3, 0.4) is 0 Å². The maximum atomic E-state index is 12.0. The molecule has 19 heavy (non-hydrogen) atoms. The molecular weight excluding hydrogens is 268 g/mol. The zero-order valence-corrected chi connectivity index (χ0v) is 11.4. The second kappa shape index (κ2) is 6.44. The highest BCUT2D eigenvalue weighted by Gasteiger charge is 2.23. The molecule has 106 valence electrons. The normalized spacial score (nSPS) is 17.5. The molecule has 0 atom stereocenters. The second-order valence-electron chi connectivity index (χ2n) is 4.31. The number of hydrogen-bond acceptors (Lipinski definition) is 4. The second-order valence-corrected chi connectivity index (χ2v) is 6.07. The summed E-state index contributed by atoms with van der Waals surface area (Å²) in [5.41, 5.74) is 1.66. The van der Waals surface area contributed by atoms with Gasteiger partial charge < -0.3 is 9.84 Å². The van der Waals surface area contributed by atoms with Gasteiger partial charge in [-0.05, 0) is 11.1 Å². The summed E-state index contributed by atoms with van der Waals surface area (Å²) in [6.45, 7) is 1.88. The molecule has 1 fully saturated rings. The van der Waals surface area contributed by atoms with E-state index in [0.717, 1.165) is 11.1 Å². The Bertz CT molecular complexity index is 495. The highest BCUT2D eigenvalue weighted by molar-refractivity contribution is 7.87. The van der Waals surface area contributed by atoms with Gasteiger partial charge in [0.05, 0.1) is 19.8 Å². The molecule has 6 nitrogen and oxygen atoms in total. The molecule has 1 aliphatic heterocycles. The third kappa shape index (κ3) is 3.99. The molecule has 0 unspecified atom stereocenters. The van der Waals surface area contributed by atoms with Gasteiger partial charge in [0.1, 0.15) is 0 Å². The summed E-state index contributed by atoms with van der Waals surface area (Å²) in [6, 6.07) is 7.15. The van der Waals surface area contributed by atoms with Gasteiger partial charge in [-0.15, -0.1) is 0 Å². The van der Waals surface area contributed by atoms with E-state index in [9.17, 15) is 8.42 Å². The Labute approximate surface area is 113 Å². The van der Waals surface area contributed by atoms with Crippen molar-refractivity contribution in [2.75, 3.05) is 26.3 Å². The quantitative estimate of drug-likeness (QED) is 0.789. The zero-order chi connectivity index (χ0) is 13.7. The minimum Gasteiger partial charge on any atom is -0.392 e. The SMILES string of the molecule is O=S(=O)(NCc1ccc(CO)cc1)N1CCOCC1. The van der Waals surface area contributed by atoms with Crippen LogP contribution in [-0.4, -0.2) is 44.1 Å². The Morgan fingerprint density at radius 2 is 1.74 bits per heavy atom. The fraction of sp³-hybridized carbons (Fsp3) is 0.500. The first-order valence-electron chi connectivity index (χ1n) is 6.13. The van der Waals surface area contributed by atoms with Crippen LogP contribution in [0.1, 0.15) is 11.1 Å². The van der Waals surface area contributed by atoms with Gasteiger partial charge in [-0.3, -0.25) is 0 Å². The number of hydrogen-bond donors (Lipinski definition) is 2. The molecule has 2 rings (SSSR count). The summed E-state index contributed by atoms with van der Waals surface area (Å²) in [6.07, 6.45) is 0. The molecule has 0 radical (unpaired) electrons. The summed E-state index contributed by atoms with van der Waals surface area (Å²) >= 11 is 0. The molecule has 1 heterocycles. The van der Waals surface area contributed by atoms with Gasteiger partial charge in [0.25, 0.3) is 10.2 Å². The lowest BCUT2D eigenvalue weighted by molar-refractivity contribution is 0.0725. The highest BCUT2D eigenvalue weighted by Crippen LogP contribution is 2.07. The van der Waals surface area contributed by atoms with Crippen molar-refractivity contribution in [3.05, 3.63) is 35.4 Å². The third-order valence-corrected chi connectivity index (χ3v) is 4.53. The van der Waals surface area contributed by atoms with Crippen molar-refractivity contribution < 1.29 is 18.3 Å². The van der Waals surface area contributed by atoms with E-state index in [1.54, 1.807) is 24.3 Å². The molecule has 2 N–H and O–H groups in total. The molecule has 0 amide bonds. The van der Waals surface area contributed by atoms with E-state index in [2.05, 4.69) is 4.72 Å². The Kier molecular flexibility index (Phi) is 4.89. The Hall–Kier alpha value is -0.990. The molecule has 0 aliphatic carbocycles. The van der Waals surface area contributed by atoms with Crippen LogP contribution in [0.15, 0.2) is 24.3 Å². The predicted octanol–water partition coefficient (Wildman–Crippen LogP) is -0.155. The van der Waals surface area contributed by atoms with E-state index in [-0.39, 0.29) is 13.2 Å². The molecule has 0 bridgehead atoms. The van der Waals surface area contributed by atoms with Crippen LogP contribution in [-0.2, 0) is 28.1 Å². The van der Waals surface area contributed by atoms with Crippen LogP contribution < -0.4 is 4.72 Å². The fourth-order valence-corrected chi connectivity index (χ4v) is 2.98.